The zero-order valence-electron chi connectivity index (χ0n) is 19.3. The number of aryl methyl sites for hydroxylation is 1. The Kier molecular flexibility index (Phi) is 7.54. The largest absolute Gasteiger partial charge is 0.497 e. The molecule has 0 aliphatic heterocycles. The lowest BCUT2D eigenvalue weighted by Crippen LogP contribution is -2.18. The number of rotatable bonds is 10. The molecule has 0 N–H and O–H groups in total. The summed E-state index contributed by atoms with van der Waals surface area (Å²) in [6, 6.07) is 18.7. The summed E-state index contributed by atoms with van der Waals surface area (Å²) in [6.45, 7) is 1.36. The van der Waals surface area contributed by atoms with Crippen molar-refractivity contribution in [3.8, 4) is 5.75 Å². The molecule has 2 aliphatic carbocycles. The van der Waals surface area contributed by atoms with Crippen LogP contribution < -0.4 is 4.74 Å². The van der Waals surface area contributed by atoms with Crippen LogP contribution in [0, 0.1) is 0 Å². The average Bonchev–Trinajstić information content (AvgIpc) is 3.18. The lowest BCUT2D eigenvalue weighted by atomic mass is 9.58. The Hall–Kier alpha value is -2.30. The average molecular weight is 428 g/mol. The number of ether oxygens (including phenoxy) is 3. The molecule has 2 aromatic rings. The van der Waals surface area contributed by atoms with E-state index in [-0.39, 0.29) is 11.4 Å². The first-order valence-corrected chi connectivity index (χ1v) is 11.6. The molecule has 166 valence electrons. The predicted octanol–water partition coefficient (Wildman–Crippen LogP) is 6.00. The molecule has 1 saturated carbocycles. The molecule has 1 fully saturated rings. The summed E-state index contributed by atoms with van der Waals surface area (Å²) < 4.78 is 17.1. The maximum absolute atomic E-state index is 6.89. The highest BCUT2D eigenvalue weighted by Gasteiger charge is 2.42. The summed E-state index contributed by atoms with van der Waals surface area (Å²) in [5, 5.41) is -0.265. The summed E-state index contributed by atoms with van der Waals surface area (Å²) >= 11 is 0. The first-order chi connectivity index (χ1) is 15.6. The van der Waals surface area contributed by atoms with E-state index in [2.05, 4.69) is 48.5 Å². The first kappa shape index (κ1) is 22.9. The third-order valence-electron chi connectivity index (χ3n) is 6.85. The van der Waals surface area contributed by atoms with E-state index in [1.165, 1.54) is 27.8 Å². The molecule has 1 unspecified atom stereocenters. The number of methoxy groups -OCH3 is 2. The van der Waals surface area contributed by atoms with Crippen molar-refractivity contribution in [2.45, 2.75) is 56.6 Å². The Morgan fingerprint density at radius 2 is 1.78 bits per heavy atom. The van der Waals surface area contributed by atoms with Crippen LogP contribution in [0.25, 0.3) is 0 Å². The van der Waals surface area contributed by atoms with Crippen molar-refractivity contribution < 1.29 is 14.2 Å². The van der Waals surface area contributed by atoms with E-state index in [0.29, 0.717) is 13.2 Å². The molecule has 2 aromatic carbocycles. The van der Waals surface area contributed by atoms with Crippen LogP contribution in [0.4, 0.5) is 0 Å². The third-order valence-corrected chi connectivity index (χ3v) is 6.85. The summed E-state index contributed by atoms with van der Waals surface area (Å²) in [7, 11) is 10.4. The second-order valence-electron chi connectivity index (χ2n) is 8.95. The van der Waals surface area contributed by atoms with Crippen LogP contribution in [-0.4, -0.2) is 34.8 Å². The Bertz CT molecular complexity index is 966. The van der Waals surface area contributed by atoms with Gasteiger partial charge in [-0.25, -0.2) is 0 Å². The number of allylic oxidation sites excluding steroid dienone is 2. The van der Waals surface area contributed by atoms with Gasteiger partial charge >= 0.3 is 0 Å². The van der Waals surface area contributed by atoms with Gasteiger partial charge in [0, 0.05) is 7.11 Å². The fourth-order valence-electron chi connectivity index (χ4n) is 5.06. The van der Waals surface area contributed by atoms with E-state index >= 15 is 0 Å². The summed E-state index contributed by atoms with van der Waals surface area (Å²) in [5.41, 5.74) is 6.71. The van der Waals surface area contributed by atoms with Crippen LogP contribution in [0.1, 0.15) is 43.2 Å². The summed E-state index contributed by atoms with van der Waals surface area (Å²) in [5.74, 6) is 0.905. The van der Waals surface area contributed by atoms with Gasteiger partial charge in [-0.05, 0) is 78.2 Å². The van der Waals surface area contributed by atoms with Crippen molar-refractivity contribution >= 4 is 7.85 Å². The van der Waals surface area contributed by atoms with Crippen molar-refractivity contribution in [2.75, 3.05) is 20.8 Å². The molecule has 2 atom stereocenters. The lowest BCUT2D eigenvalue weighted by molar-refractivity contribution is 0.107. The van der Waals surface area contributed by atoms with Crippen LogP contribution >= 0.6 is 0 Å². The third kappa shape index (κ3) is 5.36. The predicted molar refractivity (Wildman–Crippen MR) is 130 cm³/mol. The minimum Gasteiger partial charge on any atom is -0.497 e. The van der Waals surface area contributed by atoms with Crippen molar-refractivity contribution in [3.63, 3.8) is 0 Å². The van der Waals surface area contributed by atoms with Crippen molar-refractivity contribution in [2.24, 2.45) is 0 Å². The molecule has 0 aromatic heterocycles. The van der Waals surface area contributed by atoms with Crippen LogP contribution in [0.5, 0.6) is 5.75 Å². The van der Waals surface area contributed by atoms with Crippen molar-refractivity contribution in [3.05, 3.63) is 88.5 Å². The zero-order valence-corrected chi connectivity index (χ0v) is 19.3. The molecule has 2 radical (unpaired) electrons. The van der Waals surface area contributed by atoms with Gasteiger partial charge in [0.15, 0.2) is 0 Å². The molecule has 0 saturated heterocycles. The fourth-order valence-corrected chi connectivity index (χ4v) is 5.06. The molecular formula is C28H33BO3. The number of fused-ring (bicyclic) bond motifs is 1. The highest BCUT2D eigenvalue weighted by molar-refractivity contribution is 6.18. The molecule has 4 rings (SSSR count). The van der Waals surface area contributed by atoms with E-state index in [1.807, 2.05) is 12.1 Å². The fraction of sp³-hybridized carbons (Fsp3) is 0.429. The molecule has 0 spiro atoms. The van der Waals surface area contributed by atoms with Gasteiger partial charge in [0.2, 0.25) is 0 Å². The van der Waals surface area contributed by atoms with Gasteiger partial charge in [-0.15, -0.1) is 0 Å². The van der Waals surface area contributed by atoms with E-state index in [9.17, 15) is 0 Å². The standard InChI is InChI=1S/C28H33BO3/c1-30-24-10-6-9-21(17-24)11-12-26-23(14-16-32-20-22-7-4-3-5-8-22)13-15-28(29)19-25(31-2)18-27(26)28/h3-10,13,17,25H,11-12,14-16,18-20H2,1-2H3/t25?,28-/m1/s1. The molecule has 0 bridgehead atoms. The Labute approximate surface area is 193 Å². The number of benzene rings is 2. The Balaban J connectivity index is 1.47. The maximum atomic E-state index is 6.89. The van der Waals surface area contributed by atoms with Crippen LogP contribution in [-0.2, 0) is 22.5 Å². The van der Waals surface area contributed by atoms with Crippen LogP contribution in [0.2, 0.25) is 5.31 Å². The topological polar surface area (TPSA) is 27.7 Å². The molecule has 4 heteroatoms. The lowest BCUT2D eigenvalue weighted by Gasteiger charge is -2.33. The Morgan fingerprint density at radius 3 is 2.56 bits per heavy atom. The minimum atomic E-state index is -0.265. The number of hydrogen-bond donors (Lipinski definition) is 0. The van der Waals surface area contributed by atoms with Crippen LogP contribution in [0.3, 0.4) is 0 Å². The molecule has 32 heavy (non-hydrogen) atoms. The van der Waals surface area contributed by atoms with Crippen molar-refractivity contribution in [1.82, 2.24) is 0 Å². The minimum absolute atomic E-state index is 0.212. The number of hydrogen-bond acceptors (Lipinski definition) is 3. The quantitative estimate of drug-likeness (QED) is 0.343. The second kappa shape index (κ2) is 10.5. The second-order valence-corrected chi connectivity index (χ2v) is 8.95. The van der Waals surface area contributed by atoms with Crippen LogP contribution in [0.15, 0.2) is 77.4 Å². The van der Waals surface area contributed by atoms with Gasteiger partial charge in [0.1, 0.15) is 5.75 Å². The zero-order chi connectivity index (χ0) is 22.4. The molecule has 3 nitrogen and oxygen atoms in total. The monoisotopic (exact) mass is 428 g/mol. The first-order valence-electron chi connectivity index (χ1n) is 11.6. The van der Waals surface area contributed by atoms with E-state index in [4.69, 9.17) is 22.1 Å². The highest BCUT2D eigenvalue weighted by atomic mass is 16.5. The molecule has 0 heterocycles. The smallest absolute Gasteiger partial charge is 0.119 e. The van der Waals surface area contributed by atoms with Gasteiger partial charge in [0.25, 0.3) is 0 Å². The summed E-state index contributed by atoms with van der Waals surface area (Å²) in [4.78, 5) is 0. The van der Waals surface area contributed by atoms with Crippen molar-refractivity contribution in [1.29, 1.82) is 0 Å². The molecular weight excluding hydrogens is 395 g/mol. The van der Waals surface area contributed by atoms with Gasteiger partial charge in [-0.2, -0.15) is 0 Å². The van der Waals surface area contributed by atoms with Gasteiger partial charge in [-0.3, -0.25) is 0 Å². The van der Waals surface area contributed by atoms with Gasteiger partial charge in [-0.1, -0.05) is 54.1 Å². The summed E-state index contributed by atoms with van der Waals surface area (Å²) in [6.07, 6.45) is 8.14. The maximum Gasteiger partial charge on any atom is 0.119 e. The molecule has 0 amide bonds. The Morgan fingerprint density at radius 1 is 0.969 bits per heavy atom. The van der Waals surface area contributed by atoms with Gasteiger partial charge in [0.05, 0.1) is 34.3 Å². The molecule has 2 aliphatic rings. The van der Waals surface area contributed by atoms with E-state index in [1.54, 1.807) is 14.2 Å². The van der Waals surface area contributed by atoms with E-state index < -0.39 is 0 Å². The SMILES string of the molecule is [B][C@@]12CC=C(CCOCc3ccccc3)C(CCc3cccc(OC)c3)=C1CC(OC)C2. The van der Waals surface area contributed by atoms with Gasteiger partial charge < -0.3 is 14.2 Å². The normalized spacial score (nSPS) is 22.6. The van der Waals surface area contributed by atoms with E-state index in [0.717, 1.165) is 44.3 Å². The highest BCUT2D eigenvalue weighted by Crippen LogP contribution is 2.56.